The molecule has 0 aliphatic carbocycles. The first-order chi connectivity index (χ1) is 57.4. The highest BCUT2D eigenvalue weighted by Gasteiger charge is 2.21. The van der Waals surface area contributed by atoms with Crippen LogP contribution in [0.4, 0.5) is 0 Å². The monoisotopic (exact) mass is 1470 g/mol. The van der Waals surface area contributed by atoms with E-state index < -0.39 is 0 Å². The third kappa shape index (κ3) is 12.1. The van der Waals surface area contributed by atoms with E-state index in [1.807, 2.05) is 36.4 Å². The van der Waals surface area contributed by atoms with Gasteiger partial charge in [-0.3, -0.25) is 0 Å². The first-order valence-electron chi connectivity index (χ1n) is 39.3. The maximum absolute atomic E-state index is 9.50. The van der Waals surface area contributed by atoms with Gasteiger partial charge < -0.3 is 18.3 Å². The van der Waals surface area contributed by atoms with Crippen LogP contribution in [0.15, 0.2) is 425 Å². The lowest BCUT2D eigenvalue weighted by Gasteiger charge is -2.11. The third-order valence-corrected chi connectivity index (χ3v) is 23.1. The summed E-state index contributed by atoms with van der Waals surface area (Å²) in [7, 11) is 0. The van der Waals surface area contributed by atoms with E-state index in [4.69, 9.17) is 0 Å². The third-order valence-electron chi connectivity index (χ3n) is 23.1. The van der Waals surface area contributed by atoms with Crippen molar-refractivity contribution in [1.82, 2.24) is 18.3 Å². The maximum atomic E-state index is 9.50. The van der Waals surface area contributed by atoms with Crippen molar-refractivity contribution in [2.75, 3.05) is 0 Å². The van der Waals surface area contributed by atoms with Gasteiger partial charge in [-0.2, -0.15) is 10.5 Å². The lowest BCUT2D eigenvalue weighted by molar-refractivity contribution is 1.18. The summed E-state index contributed by atoms with van der Waals surface area (Å²) in [4.78, 5) is 0. The Balaban J connectivity index is 0.000000145. The van der Waals surface area contributed by atoms with Crippen molar-refractivity contribution in [2.24, 2.45) is 0 Å². The number of hydrogen-bond donors (Lipinski definition) is 0. The van der Waals surface area contributed by atoms with E-state index in [1.54, 1.807) is 0 Å². The Bertz CT molecular complexity index is 7690. The molecule has 6 nitrogen and oxygen atoms in total. The number of nitrogens with zero attached hydrogens (tertiary/aromatic N) is 6. The second-order valence-electron chi connectivity index (χ2n) is 29.8. The molecule has 0 spiro atoms. The van der Waals surface area contributed by atoms with Crippen LogP contribution >= 0.6 is 0 Å². The van der Waals surface area contributed by atoms with Gasteiger partial charge in [-0.05, 0) is 235 Å². The molecule has 0 radical (unpaired) electrons. The summed E-state index contributed by atoms with van der Waals surface area (Å²) < 4.78 is 9.48. The lowest BCUT2D eigenvalue weighted by atomic mass is 9.98. The van der Waals surface area contributed by atoms with Crippen LogP contribution in [0, 0.1) is 22.7 Å². The topological polar surface area (TPSA) is 67.3 Å². The van der Waals surface area contributed by atoms with E-state index in [9.17, 15) is 10.5 Å². The van der Waals surface area contributed by atoms with Crippen LogP contribution in [0.3, 0.4) is 0 Å². The van der Waals surface area contributed by atoms with Gasteiger partial charge in [0.1, 0.15) is 0 Å². The Morgan fingerprint density at radius 3 is 0.655 bits per heavy atom. The Hall–Kier alpha value is -15.9. The summed E-state index contributed by atoms with van der Waals surface area (Å²) in [6.45, 7) is 0. The normalized spacial score (nSPS) is 11.4. The van der Waals surface area contributed by atoms with Gasteiger partial charge in [0.25, 0.3) is 0 Å². The maximum Gasteiger partial charge on any atom is 0.0991 e. The van der Waals surface area contributed by atoms with Crippen LogP contribution in [-0.4, -0.2) is 18.3 Å². The molecular weight excluding hydrogens is 1410 g/mol. The highest BCUT2D eigenvalue weighted by molar-refractivity contribution is 6.14. The van der Waals surface area contributed by atoms with Crippen molar-refractivity contribution < 1.29 is 0 Å². The molecular formula is C110H70N6. The highest BCUT2D eigenvalue weighted by atomic mass is 15.0. The van der Waals surface area contributed by atoms with Crippen molar-refractivity contribution in [3.8, 4) is 124 Å². The molecule has 6 heteroatoms. The van der Waals surface area contributed by atoms with E-state index in [0.29, 0.717) is 11.1 Å². The number of aromatic nitrogens is 4. The molecule has 0 unspecified atom stereocenters. The highest BCUT2D eigenvalue weighted by Crippen LogP contribution is 2.43. The first kappa shape index (κ1) is 68.2. The number of nitriles is 2. The Morgan fingerprint density at radius 2 is 0.345 bits per heavy atom. The molecule has 22 rings (SSSR count). The fourth-order valence-corrected chi connectivity index (χ4v) is 17.5. The van der Waals surface area contributed by atoms with Crippen molar-refractivity contribution in [3.63, 3.8) is 0 Å². The lowest BCUT2D eigenvalue weighted by Crippen LogP contribution is -1.94. The first-order valence-corrected chi connectivity index (χ1v) is 39.3. The van der Waals surface area contributed by atoms with Gasteiger partial charge in [-0.25, -0.2) is 0 Å². The molecule has 18 aromatic carbocycles. The Morgan fingerprint density at radius 1 is 0.138 bits per heavy atom. The van der Waals surface area contributed by atoms with Crippen LogP contribution in [0.25, 0.3) is 199 Å². The molecule has 4 aromatic heterocycles. The SMILES string of the molecule is N#Cc1cccc(-c2ccc(-n3c4ccccc4c4cc(-c5ccc(-c6ccc7c(c6)c6ccccc6n7-c6cccc(-c7ccccc7)c6)cc5)ccc43)cc2)c1.N#Cc1cccc(-c2cccc(-n3c4ccccc4c4cc(-c5ccc(-c6ccc7c(c6)c6ccccc6n7-c6cccc(-c7ccccc7)c6)cc5)ccc43)c2)c1. The van der Waals surface area contributed by atoms with Crippen LogP contribution in [0.2, 0.25) is 0 Å². The van der Waals surface area contributed by atoms with E-state index in [2.05, 4.69) is 419 Å². The molecule has 540 valence electrons. The molecule has 0 aliphatic heterocycles. The number of fused-ring (bicyclic) bond motifs is 12. The Labute approximate surface area is 671 Å². The van der Waals surface area contributed by atoms with Crippen molar-refractivity contribution >= 4 is 87.2 Å². The molecule has 0 N–H and O–H groups in total. The smallest absolute Gasteiger partial charge is 0.0991 e. The summed E-state index contributed by atoms with van der Waals surface area (Å²) in [5.74, 6) is 0. The largest absolute Gasteiger partial charge is 0.309 e. The van der Waals surface area contributed by atoms with E-state index in [1.165, 1.54) is 143 Å². The van der Waals surface area contributed by atoms with E-state index in [0.717, 1.165) is 56.0 Å². The number of benzene rings is 18. The molecule has 0 saturated carbocycles. The number of para-hydroxylation sites is 4. The van der Waals surface area contributed by atoms with Crippen molar-refractivity contribution in [2.45, 2.75) is 0 Å². The van der Waals surface area contributed by atoms with Crippen LogP contribution < -0.4 is 0 Å². The van der Waals surface area contributed by atoms with Gasteiger partial charge in [0.05, 0.1) is 67.4 Å². The quantitative estimate of drug-likeness (QED) is 0.122. The van der Waals surface area contributed by atoms with Gasteiger partial charge >= 0.3 is 0 Å². The van der Waals surface area contributed by atoms with E-state index >= 15 is 0 Å². The van der Waals surface area contributed by atoms with Gasteiger partial charge in [0.15, 0.2) is 0 Å². The van der Waals surface area contributed by atoms with Crippen molar-refractivity contribution in [3.05, 3.63) is 436 Å². The minimum absolute atomic E-state index is 0.659. The van der Waals surface area contributed by atoms with E-state index in [-0.39, 0.29) is 0 Å². The minimum atomic E-state index is 0.659. The van der Waals surface area contributed by atoms with Crippen molar-refractivity contribution in [1.29, 1.82) is 10.5 Å². The van der Waals surface area contributed by atoms with Crippen LogP contribution in [-0.2, 0) is 0 Å². The molecule has 0 saturated heterocycles. The van der Waals surface area contributed by atoms with Crippen LogP contribution in [0.1, 0.15) is 11.1 Å². The Kier molecular flexibility index (Phi) is 16.9. The zero-order valence-electron chi connectivity index (χ0n) is 63.1. The van der Waals surface area contributed by atoms with Gasteiger partial charge in [-0.15, -0.1) is 0 Å². The molecule has 116 heavy (non-hydrogen) atoms. The zero-order valence-corrected chi connectivity index (χ0v) is 63.1. The van der Waals surface area contributed by atoms with Gasteiger partial charge in [0, 0.05) is 65.8 Å². The molecule has 0 bridgehead atoms. The fourth-order valence-electron chi connectivity index (χ4n) is 17.5. The predicted molar refractivity (Wildman–Crippen MR) is 483 cm³/mol. The summed E-state index contributed by atoms with van der Waals surface area (Å²) >= 11 is 0. The second kappa shape index (κ2) is 28.8. The summed E-state index contributed by atoms with van der Waals surface area (Å²) in [5, 5.41) is 28.7. The predicted octanol–water partition coefficient (Wildman–Crippen LogP) is 28.8. The molecule has 0 atom stereocenters. The minimum Gasteiger partial charge on any atom is -0.309 e. The van der Waals surface area contributed by atoms with Gasteiger partial charge in [-0.1, -0.05) is 279 Å². The molecule has 4 heterocycles. The number of hydrogen-bond acceptors (Lipinski definition) is 2. The molecule has 0 amide bonds. The second-order valence-corrected chi connectivity index (χ2v) is 29.8. The van der Waals surface area contributed by atoms with Gasteiger partial charge in [0.2, 0.25) is 0 Å². The average Bonchev–Trinajstić information content (AvgIpc) is 1.61. The fraction of sp³-hybridized carbons (Fsp3) is 0. The average molecular weight is 1480 g/mol. The molecule has 22 aromatic rings. The summed E-state index contributed by atoms with van der Waals surface area (Å²) in [6, 6.07) is 156. The molecule has 0 aliphatic rings. The summed E-state index contributed by atoms with van der Waals surface area (Å²) in [5.41, 5.74) is 33.8. The zero-order chi connectivity index (χ0) is 77.2. The summed E-state index contributed by atoms with van der Waals surface area (Å²) in [6.07, 6.45) is 0. The standard InChI is InChI=1S/2C55H35N3/c56-36-37-11-8-14-41(31-37)43-16-10-18-47(33-43)58-53-22-7-5-20-49(53)51-35-45(28-30-55(51)58)40-25-23-39(24-26-40)44-27-29-54-50(34-44)48-19-4-6-21-52(48)57(54)46-17-9-15-42(32-46)38-12-2-1-3-13-38;56-36-37-10-8-13-42(32-37)41-24-28-46(29-25-41)57-52-18-6-4-16-48(52)50-34-44(26-30-54(50)57)39-20-22-40(23-21-39)45-27-31-55-51(35-45)49-17-5-7-19-53(49)58(55)47-15-9-14-43(33-47)38-11-2-1-3-12-38/h2*1-35H. The van der Waals surface area contributed by atoms with Crippen LogP contribution in [0.5, 0.6) is 0 Å². The number of rotatable bonds is 12. The molecule has 0 fully saturated rings.